The molecule has 2 saturated heterocycles. The first-order valence-corrected chi connectivity index (χ1v) is 7.52. The molecule has 19 heavy (non-hydrogen) atoms. The van der Waals surface area contributed by atoms with Gasteiger partial charge < -0.3 is 14.6 Å². The molecule has 0 aromatic carbocycles. The summed E-state index contributed by atoms with van der Waals surface area (Å²) in [6.07, 6.45) is 7.82. The Labute approximate surface area is 114 Å². The minimum absolute atomic E-state index is 0.250. The monoisotopic (exact) mass is 268 g/mol. The molecule has 4 heteroatoms. The van der Waals surface area contributed by atoms with E-state index in [1.807, 2.05) is 0 Å². The molecule has 0 spiro atoms. The summed E-state index contributed by atoms with van der Waals surface area (Å²) in [7, 11) is 0. The predicted molar refractivity (Wildman–Crippen MR) is 69.8 cm³/mol. The molecule has 2 heterocycles. The van der Waals surface area contributed by atoms with Crippen molar-refractivity contribution in [2.45, 2.75) is 63.9 Å². The first-order valence-electron chi connectivity index (χ1n) is 7.52. The molecule has 2 aliphatic heterocycles. The Kier molecular flexibility index (Phi) is 3.56. The number of rotatable bonds is 1. The Morgan fingerprint density at radius 3 is 1.53 bits per heavy atom. The molecule has 0 radical (unpaired) electrons. The number of carboxylic acid groups (broad SMARTS) is 1. The molecule has 0 aromatic heterocycles. The van der Waals surface area contributed by atoms with Gasteiger partial charge in [-0.25, -0.2) is 0 Å². The Bertz CT molecular complexity index is 315. The van der Waals surface area contributed by atoms with Crippen molar-refractivity contribution in [3.8, 4) is 0 Å². The third-order valence-electron chi connectivity index (χ3n) is 5.60. The maximum absolute atomic E-state index is 8.36. The van der Waals surface area contributed by atoms with Crippen molar-refractivity contribution in [2.24, 2.45) is 23.7 Å². The lowest BCUT2D eigenvalue weighted by molar-refractivity contribution is -0.122. The lowest BCUT2D eigenvalue weighted by Crippen LogP contribution is -2.35. The molecule has 4 nitrogen and oxygen atoms in total. The van der Waals surface area contributed by atoms with Gasteiger partial charge in [-0.2, -0.15) is 0 Å². The maximum atomic E-state index is 8.36. The van der Waals surface area contributed by atoms with Crippen LogP contribution in [-0.4, -0.2) is 36.0 Å². The Morgan fingerprint density at radius 2 is 1.16 bits per heavy atom. The van der Waals surface area contributed by atoms with Crippen LogP contribution in [0.3, 0.4) is 0 Å². The van der Waals surface area contributed by atoms with Crippen LogP contribution in [0.4, 0.5) is 0 Å². The summed E-state index contributed by atoms with van der Waals surface area (Å²) >= 11 is 0. The average Bonchev–Trinajstić information content (AvgIpc) is 3.22. The molecular weight excluding hydrogens is 244 g/mol. The van der Waals surface area contributed by atoms with Gasteiger partial charge in [0.05, 0.1) is 24.4 Å². The van der Waals surface area contributed by atoms with Gasteiger partial charge in [-0.3, -0.25) is 4.79 Å². The van der Waals surface area contributed by atoms with E-state index in [4.69, 9.17) is 19.4 Å². The lowest BCUT2D eigenvalue weighted by atomic mass is 9.65. The molecule has 2 saturated carbocycles. The van der Waals surface area contributed by atoms with E-state index >= 15 is 0 Å². The van der Waals surface area contributed by atoms with Gasteiger partial charge in [-0.05, 0) is 49.4 Å². The second-order valence-corrected chi connectivity index (χ2v) is 6.76. The molecular formula is C15H24O4. The van der Waals surface area contributed by atoms with Crippen LogP contribution in [0.15, 0.2) is 0 Å². The number of epoxide rings is 2. The summed E-state index contributed by atoms with van der Waals surface area (Å²) < 4.78 is 11.4. The van der Waals surface area contributed by atoms with Crippen molar-refractivity contribution in [3.05, 3.63) is 0 Å². The van der Waals surface area contributed by atoms with E-state index in [2.05, 4.69) is 13.8 Å². The van der Waals surface area contributed by atoms with Crippen molar-refractivity contribution in [2.75, 3.05) is 0 Å². The van der Waals surface area contributed by atoms with Gasteiger partial charge in [0.25, 0.3) is 6.47 Å². The normalized spacial score (nSPS) is 54.0. The van der Waals surface area contributed by atoms with Crippen LogP contribution >= 0.6 is 0 Å². The van der Waals surface area contributed by atoms with Crippen molar-refractivity contribution < 1.29 is 19.4 Å². The zero-order valence-electron chi connectivity index (χ0n) is 11.7. The van der Waals surface area contributed by atoms with Crippen molar-refractivity contribution in [1.29, 1.82) is 0 Å². The van der Waals surface area contributed by atoms with Crippen LogP contribution in [0.2, 0.25) is 0 Å². The highest BCUT2D eigenvalue weighted by atomic mass is 16.6. The van der Waals surface area contributed by atoms with E-state index in [0.29, 0.717) is 24.4 Å². The van der Waals surface area contributed by atoms with Gasteiger partial charge in [0.1, 0.15) is 0 Å². The maximum Gasteiger partial charge on any atom is 0.290 e. The number of hydrogen-bond acceptors (Lipinski definition) is 3. The second-order valence-electron chi connectivity index (χ2n) is 6.76. The molecule has 4 aliphatic rings. The highest BCUT2D eigenvalue weighted by Gasteiger charge is 2.54. The Hall–Kier alpha value is -0.610. The van der Waals surface area contributed by atoms with E-state index in [1.165, 1.54) is 25.7 Å². The van der Waals surface area contributed by atoms with Crippen molar-refractivity contribution in [1.82, 2.24) is 0 Å². The molecule has 4 fully saturated rings. The van der Waals surface area contributed by atoms with Crippen LogP contribution in [0, 0.1) is 23.7 Å². The predicted octanol–water partition coefficient (Wildman–Crippen LogP) is 2.31. The SMILES string of the molecule is CC1CC2OC2CC1C1CC2OC2CC1C.O=CO. The van der Waals surface area contributed by atoms with Gasteiger partial charge in [0, 0.05) is 0 Å². The summed E-state index contributed by atoms with van der Waals surface area (Å²) in [4.78, 5) is 8.36. The smallest absolute Gasteiger partial charge is 0.290 e. The summed E-state index contributed by atoms with van der Waals surface area (Å²) in [6, 6.07) is 0. The largest absolute Gasteiger partial charge is 0.483 e. The minimum atomic E-state index is -0.250. The number of carbonyl (C=O) groups is 1. The van der Waals surface area contributed by atoms with Gasteiger partial charge >= 0.3 is 0 Å². The minimum Gasteiger partial charge on any atom is -0.483 e. The highest BCUT2D eigenvalue weighted by molar-refractivity contribution is 5.32. The fraction of sp³-hybridized carbons (Fsp3) is 0.933. The third-order valence-corrected chi connectivity index (χ3v) is 5.60. The zero-order chi connectivity index (χ0) is 13.6. The fourth-order valence-electron chi connectivity index (χ4n) is 4.46. The summed E-state index contributed by atoms with van der Waals surface area (Å²) in [5.41, 5.74) is 0. The second kappa shape index (κ2) is 5.06. The molecule has 0 amide bonds. The van der Waals surface area contributed by atoms with Gasteiger partial charge in [-0.15, -0.1) is 0 Å². The topological polar surface area (TPSA) is 62.4 Å². The zero-order valence-corrected chi connectivity index (χ0v) is 11.7. The molecule has 0 aromatic rings. The summed E-state index contributed by atoms with van der Waals surface area (Å²) in [5, 5.41) is 6.89. The molecule has 4 rings (SSSR count). The molecule has 8 atom stereocenters. The highest BCUT2D eigenvalue weighted by Crippen LogP contribution is 2.52. The number of hydrogen-bond donors (Lipinski definition) is 1. The van der Waals surface area contributed by atoms with E-state index in [9.17, 15) is 0 Å². The number of fused-ring (bicyclic) bond motifs is 2. The average molecular weight is 268 g/mol. The quantitative estimate of drug-likeness (QED) is 0.585. The first kappa shape index (κ1) is 13.4. The fourth-order valence-corrected chi connectivity index (χ4v) is 4.46. The third kappa shape index (κ3) is 2.65. The molecule has 0 bridgehead atoms. The van der Waals surface area contributed by atoms with Crippen molar-refractivity contribution in [3.63, 3.8) is 0 Å². The van der Waals surface area contributed by atoms with E-state index in [-0.39, 0.29) is 6.47 Å². The van der Waals surface area contributed by atoms with E-state index < -0.39 is 0 Å². The van der Waals surface area contributed by atoms with Crippen LogP contribution in [-0.2, 0) is 14.3 Å². The van der Waals surface area contributed by atoms with Crippen LogP contribution in [0.1, 0.15) is 39.5 Å². The summed E-state index contributed by atoms with van der Waals surface area (Å²) in [6.45, 7) is 4.63. The first-order chi connectivity index (χ1) is 9.13. The van der Waals surface area contributed by atoms with Crippen LogP contribution in [0.25, 0.3) is 0 Å². The van der Waals surface area contributed by atoms with Crippen LogP contribution in [0.5, 0.6) is 0 Å². The molecule has 1 N–H and O–H groups in total. The van der Waals surface area contributed by atoms with Gasteiger partial charge in [0.15, 0.2) is 0 Å². The van der Waals surface area contributed by atoms with E-state index in [0.717, 1.165) is 23.7 Å². The van der Waals surface area contributed by atoms with Gasteiger partial charge in [0.2, 0.25) is 0 Å². The van der Waals surface area contributed by atoms with E-state index in [1.54, 1.807) is 0 Å². The van der Waals surface area contributed by atoms with Crippen molar-refractivity contribution >= 4 is 6.47 Å². The van der Waals surface area contributed by atoms with Gasteiger partial charge in [-0.1, -0.05) is 13.8 Å². The Balaban J connectivity index is 0.000000339. The molecule has 2 aliphatic carbocycles. The molecule has 8 unspecified atom stereocenters. The van der Waals surface area contributed by atoms with Crippen LogP contribution < -0.4 is 0 Å². The lowest BCUT2D eigenvalue weighted by Gasteiger charge is -2.38. The molecule has 108 valence electrons. The number of ether oxygens (including phenoxy) is 2. The Morgan fingerprint density at radius 1 is 0.842 bits per heavy atom. The standard InChI is InChI=1S/C14H22O2.CH2O2/c1-7-3-11-13(15-11)5-9(7)10-6-14-12(16-14)4-8(10)2;2-1-3/h7-14H,3-6H2,1-2H3;1H,(H,2,3). The summed E-state index contributed by atoms with van der Waals surface area (Å²) in [5.74, 6) is 3.55.